The van der Waals surface area contributed by atoms with Crippen molar-refractivity contribution >= 4 is 23.6 Å². The van der Waals surface area contributed by atoms with Crippen LogP contribution in [0.25, 0.3) is 0 Å². The van der Waals surface area contributed by atoms with E-state index in [0.29, 0.717) is 0 Å². The number of hydrogen-bond acceptors (Lipinski definition) is 4. The summed E-state index contributed by atoms with van der Waals surface area (Å²) in [6.45, 7) is 3.14. The van der Waals surface area contributed by atoms with Crippen molar-refractivity contribution in [3.63, 3.8) is 0 Å². The van der Waals surface area contributed by atoms with Gasteiger partial charge in [-0.1, -0.05) is 0 Å². The van der Waals surface area contributed by atoms with Gasteiger partial charge in [0.05, 0.1) is 12.9 Å². The van der Waals surface area contributed by atoms with Gasteiger partial charge in [-0.05, 0) is 38.1 Å². The van der Waals surface area contributed by atoms with E-state index in [4.69, 9.17) is 0 Å². The lowest BCUT2D eigenvalue weighted by atomic mass is 10.1. The molecule has 0 spiro atoms. The minimum absolute atomic E-state index is 0.145. The Morgan fingerprint density at radius 3 is 2.42 bits per heavy atom. The van der Waals surface area contributed by atoms with E-state index in [-0.39, 0.29) is 17.5 Å². The Bertz CT molecular complexity index is 459. The van der Waals surface area contributed by atoms with Crippen LogP contribution in [0.4, 0.5) is 4.39 Å². The first-order valence-electron chi connectivity index (χ1n) is 5.63. The summed E-state index contributed by atoms with van der Waals surface area (Å²) in [5.41, 5.74) is -1.06. The number of hydrogen-bond donors (Lipinski definition) is 1. The van der Waals surface area contributed by atoms with Crippen molar-refractivity contribution in [3.05, 3.63) is 30.1 Å². The molecule has 1 amide bonds. The number of carbonyl (C=O) groups is 2. The predicted octanol–water partition coefficient (Wildman–Crippen LogP) is 1.99. The summed E-state index contributed by atoms with van der Waals surface area (Å²) in [5.74, 6) is -0.968. The summed E-state index contributed by atoms with van der Waals surface area (Å²) < 4.78 is 17.3. The molecule has 0 aliphatic rings. The van der Waals surface area contributed by atoms with Gasteiger partial charge in [0.15, 0.2) is 0 Å². The molecule has 0 radical (unpaired) electrons. The number of thioether (sulfide) groups is 1. The van der Waals surface area contributed by atoms with Crippen LogP contribution in [-0.2, 0) is 14.3 Å². The first-order chi connectivity index (χ1) is 8.85. The van der Waals surface area contributed by atoms with E-state index in [2.05, 4.69) is 10.1 Å². The van der Waals surface area contributed by atoms with Crippen molar-refractivity contribution in [1.82, 2.24) is 5.32 Å². The minimum Gasteiger partial charge on any atom is -0.467 e. The molecule has 0 unspecified atom stereocenters. The smallest absolute Gasteiger partial charge is 0.330 e. The van der Waals surface area contributed by atoms with Crippen LogP contribution in [0.2, 0.25) is 0 Å². The topological polar surface area (TPSA) is 55.4 Å². The largest absolute Gasteiger partial charge is 0.467 e. The van der Waals surface area contributed by atoms with Crippen LogP contribution >= 0.6 is 11.8 Å². The molecule has 1 rings (SSSR count). The lowest BCUT2D eigenvalue weighted by molar-refractivity contribution is -0.149. The highest BCUT2D eigenvalue weighted by atomic mass is 32.2. The zero-order valence-electron chi connectivity index (χ0n) is 11.0. The number of nitrogens with one attached hydrogen (secondary N) is 1. The number of benzene rings is 1. The van der Waals surface area contributed by atoms with E-state index < -0.39 is 11.5 Å². The number of rotatable bonds is 5. The third-order valence-electron chi connectivity index (χ3n) is 2.33. The fourth-order valence-electron chi connectivity index (χ4n) is 1.37. The van der Waals surface area contributed by atoms with Gasteiger partial charge in [0.2, 0.25) is 5.91 Å². The molecule has 0 aromatic heterocycles. The van der Waals surface area contributed by atoms with E-state index in [1.165, 1.54) is 31.0 Å². The van der Waals surface area contributed by atoms with Crippen molar-refractivity contribution in [2.45, 2.75) is 24.3 Å². The summed E-state index contributed by atoms with van der Waals surface area (Å²) in [4.78, 5) is 23.9. The number of amides is 1. The van der Waals surface area contributed by atoms with Gasteiger partial charge in [0, 0.05) is 4.90 Å². The second-order valence-corrected chi connectivity index (χ2v) is 5.46. The Balaban J connectivity index is 2.48. The average Bonchev–Trinajstić information content (AvgIpc) is 2.36. The van der Waals surface area contributed by atoms with Gasteiger partial charge >= 0.3 is 5.97 Å². The van der Waals surface area contributed by atoms with Gasteiger partial charge in [-0.3, -0.25) is 4.79 Å². The maximum atomic E-state index is 12.7. The van der Waals surface area contributed by atoms with Gasteiger partial charge < -0.3 is 10.1 Å². The maximum absolute atomic E-state index is 12.7. The van der Waals surface area contributed by atoms with Crippen molar-refractivity contribution in [2.75, 3.05) is 12.9 Å². The van der Waals surface area contributed by atoms with Crippen molar-refractivity contribution in [3.8, 4) is 0 Å². The fourth-order valence-corrected chi connectivity index (χ4v) is 2.07. The van der Waals surface area contributed by atoms with Gasteiger partial charge in [-0.15, -0.1) is 11.8 Å². The molecular weight excluding hydrogens is 269 g/mol. The fraction of sp³-hybridized carbons (Fsp3) is 0.385. The molecule has 1 aromatic carbocycles. The Kier molecular flexibility index (Phi) is 5.35. The standard InChI is InChI=1S/C13H16FNO3S/c1-13(2,12(17)18-3)15-11(16)8-19-10-6-4-9(14)5-7-10/h4-7H,8H2,1-3H3,(H,15,16). The predicted molar refractivity (Wildman–Crippen MR) is 71.4 cm³/mol. The van der Waals surface area contributed by atoms with Crippen molar-refractivity contribution in [2.24, 2.45) is 0 Å². The third-order valence-corrected chi connectivity index (χ3v) is 3.34. The number of esters is 1. The Morgan fingerprint density at radius 1 is 1.32 bits per heavy atom. The monoisotopic (exact) mass is 285 g/mol. The number of halogens is 1. The zero-order chi connectivity index (χ0) is 14.5. The first kappa shape index (κ1) is 15.5. The van der Waals surface area contributed by atoms with E-state index in [1.54, 1.807) is 26.0 Å². The molecule has 0 bridgehead atoms. The minimum atomic E-state index is -1.06. The van der Waals surface area contributed by atoms with E-state index in [0.717, 1.165) is 4.90 Å². The maximum Gasteiger partial charge on any atom is 0.330 e. The summed E-state index contributed by atoms with van der Waals surface area (Å²) in [6.07, 6.45) is 0. The molecule has 0 fully saturated rings. The highest BCUT2D eigenvalue weighted by Gasteiger charge is 2.30. The van der Waals surface area contributed by atoms with E-state index >= 15 is 0 Å². The Hall–Kier alpha value is -1.56. The molecule has 1 aromatic rings. The highest BCUT2D eigenvalue weighted by molar-refractivity contribution is 8.00. The Labute approximate surface area is 115 Å². The van der Waals surface area contributed by atoms with Gasteiger partial charge in [-0.25, -0.2) is 9.18 Å². The molecule has 0 atom stereocenters. The molecule has 1 N–H and O–H groups in total. The third kappa shape index (κ3) is 4.90. The molecule has 104 valence electrons. The molecular formula is C13H16FNO3S. The summed E-state index contributed by atoms with van der Waals surface area (Å²) in [6, 6.07) is 5.86. The van der Waals surface area contributed by atoms with Crippen LogP contribution in [-0.4, -0.2) is 30.3 Å². The second kappa shape index (κ2) is 6.56. The highest BCUT2D eigenvalue weighted by Crippen LogP contribution is 2.18. The summed E-state index contributed by atoms with van der Waals surface area (Å²) in [7, 11) is 1.27. The summed E-state index contributed by atoms with van der Waals surface area (Å²) >= 11 is 1.27. The lowest BCUT2D eigenvalue weighted by Gasteiger charge is -2.22. The Morgan fingerprint density at radius 2 is 1.89 bits per heavy atom. The van der Waals surface area contributed by atoms with Crippen molar-refractivity contribution in [1.29, 1.82) is 0 Å². The van der Waals surface area contributed by atoms with Crippen LogP contribution < -0.4 is 5.32 Å². The van der Waals surface area contributed by atoms with Crippen LogP contribution in [0.5, 0.6) is 0 Å². The normalized spacial score (nSPS) is 10.9. The zero-order valence-corrected chi connectivity index (χ0v) is 11.8. The van der Waals surface area contributed by atoms with E-state index in [1.807, 2.05) is 0 Å². The average molecular weight is 285 g/mol. The molecule has 0 saturated heterocycles. The van der Waals surface area contributed by atoms with E-state index in [9.17, 15) is 14.0 Å². The van der Waals surface area contributed by atoms with Gasteiger partial charge in [-0.2, -0.15) is 0 Å². The lowest BCUT2D eigenvalue weighted by Crippen LogP contribution is -2.50. The molecule has 0 saturated carbocycles. The SMILES string of the molecule is COC(=O)C(C)(C)NC(=O)CSc1ccc(F)cc1. The van der Waals surface area contributed by atoms with Crippen LogP contribution in [0.3, 0.4) is 0 Å². The van der Waals surface area contributed by atoms with Crippen molar-refractivity contribution < 1.29 is 18.7 Å². The molecule has 6 heteroatoms. The molecule has 4 nitrogen and oxygen atoms in total. The quantitative estimate of drug-likeness (QED) is 0.664. The van der Waals surface area contributed by atoms with Crippen LogP contribution in [0.15, 0.2) is 29.2 Å². The van der Waals surface area contributed by atoms with Gasteiger partial charge in [0.1, 0.15) is 11.4 Å². The first-order valence-corrected chi connectivity index (χ1v) is 6.61. The molecule has 0 heterocycles. The van der Waals surface area contributed by atoms with Crippen LogP contribution in [0, 0.1) is 5.82 Å². The second-order valence-electron chi connectivity index (χ2n) is 4.41. The number of methoxy groups -OCH3 is 1. The van der Waals surface area contributed by atoms with Crippen LogP contribution in [0.1, 0.15) is 13.8 Å². The number of ether oxygens (including phenoxy) is 1. The molecule has 0 aliphatic heterocycles. The molecule has 0 aliphatic carbocycles. The summed E-state index contributed by atoms with van der Waals surface area (Å²) in [5, 5.41) is 2.58. The number of carbonyl (C=O) groups excluding carboxylic acids is 2. The molecule has 19 heavy (non-hydrogen) atoms. The van der Waals surface area contributed by atoms with Gasteiger partial charge in [0.25, 0.3) is 0 Å².